The highest BCUT2D eigenvalue weighted by Crippen LogP contribution is 2.28. The Hall–Kier alpha value is -3.52. The first-order chi connectivity index (χ1) is 18.0. The van der Waals surface area contributed by atoms with Crippen LogP contribution in [0.15, 0.2) is 57.4 Å². The van der Waals surface area contributed by atoms with Gasteiger partial charge in [-0.2, -0.15) is 4.98 Å². The number of benzene rings is 1. The van der Waals surface area contributed by atoms with E-state index in [9.17, 15) is 9.59 Å². The number of fused-ring (bicyclic) bond motifs is 1. The summed E-state index contributed by atoms with van der Waals surface area (Å²) in [6, 6.07) is 7.36. The molecule has 2 N–H and O–H groups in total. The van der Waals surface area contributed by atoms with Crippen molar-refractivity contribution < 1.29 is 9.32 Å². The van der Waals surface area contributed by atoms with Gasteiger partial charge in [-0.15, -0.1) is 0 Å². The van der Waals surface area contributed by atoms with E-state index >= 15 is 0 Å². The number of amides is 1. The fraction of sp³-hybridized carbons (Fsp3) is 0.448. The molecule has 2 heterocycles. The molecule has 0 saturated carbocycles. The molecule has 0 fully saturated rings. The Morgan fingerprint density at radius 3 is 2.81 bits per heavy atom. The third-order valence-corrected chi connectivity index (χ3v) is 6.85. The number of rotatable bonds is 11. The van der Waals surface area contributed by atoms with Gasteiger partial charge in [-0.3, -0.25) is 14.2 Å². The largest absolute Gasteiger partial charge is 0.335 e. The predicted molar refractivity (Wildman–Crippen MR) is 145 cm³/mol. The SMILES string of the molecule is CCCc1cccc(C(=O)N(CCCN)C(CC)c2nc3onc(C)c3c(=O)n2CC2=CCCC=C2)c1. The smallest absolute Gasteiger partial charge is 0.267 e. The number of nitrogens with zero attached hydrogens (tertiary/aromatic N) is 4. The minimum Gasteiger partial charge on any atom is -0.335 e. The molecule has 1 aliphatic rings. The minimum atomic E-state index is -0.440. The first-order valence-electron chi connectivity index (χ1n) is 13.3. The van der Waals surface area contributed by atoms with Crippen molar-refractivity contribution >= 4 is 17.0 Å². The lowest BCUT2D eigenvalue weighted by molar-refractivity contribution is 0.0655. The molecule has 0 bridgehead atoms. The number of hydrogen-bond acceptors (Lipinski definition) is 6. The molecule has 0 radical (unpaired) electrons. The Bertz CT molecular complexity index is 1370. The molecule has 0 aliphatic heterocycles. The van der Waals surface area contributed by atoms with Crippen LogP contribution in [0, 0.1) is 6.92 Å². The van der Waals surface area contributed by atoms with Crippen molar-refractivity contribution in [3.05, 3.63) is 81.1 Å². The maximum absolute atomic E-state index is 13.9. The number of nitrogens with two attached hydrogens (primary N) is 1. The molecule has 0 saturated heterocycles. The van der Waals surface area contributed by atoms with Crippen LogP contribution < -0.4 is 11.3 Å². The molecular formula is C29H37N5O3. The van der Waals surface area contributed by atoms with Crippen molar-refractivity contribution in [2.75, 3.05) is 13.1 Å². The van der Waals surface area contributed by atoms with Gasteiger partial charge in [0.2, 0.25) is 0 Å². The molecule has 2 aromatic heterocycles. The van der Waals surface area contributed by atoms with Crippen molar-refractivity contribution in [1.82, 2.24) is 19.6 Å². The minimum absolute atomic E-state index is 0.0929. The van der Waals surface area contributed by atoms with E-state index in [0.717, 1.165) is 36.8 Å². The monoisotopic (exact) mass is 503 g/mol. The molecule has 8 nitrogen and oxygen atoms in total. The second-order valence-corrected chi connectivity index (χ2v) is 9.58. The Kier molecular flexibility index (Phi) is 8.71. The van der Waals surface area contributed by atoms with Gasteiger partial charge in [-0.05, 0) is 68.8 Å². The van der Waals surface area contributed by atoms with Crippen LogP contribution in [-0.2, 0) is 13.0 Å². The number of allylic oxidation sites excluding steroid dienone is 4. The summed E-state index contributed by atoms with van der Waals surface area (Å²) in [7, 11) is 0. The van der Waals surface area contributed by atoms with Crippen LogP contribution in [0.3, 0.4) is 0 Å². The van der Waals surface area contributed by atoms with Crippen molar-refractivity contribution in [3.8, 4) is 0 Å². The molecule has 1 aromatic carbocycles. The third kappa shape index (κ3) is 5.74. The molecule has 4 rings (SSSR count). The standard InChI is InChI=1S/C29H37N5O3/c1-4-11-21-14-9-15-23(18-21)28(35)33(17-10-16-30)24(5-2)26-31-27-25(20(3)32-37-27)29(36)34(26)19-22-12-7-6-8-13-22/h7,9,12-15,18,24H,4-6,8,10-11,16-17,19,30H2,1-3H3. The maximum atomic E-state index is 13.9. The molecule has 8 heteroatoms. The van der Waals surface area contributed by atoms with E-state index in [1.807, 2.05) is 36.1 Å². The predicted octanol–water partition coefficient (Wildman–Crippen LogP) is 4.86. The summed E-state index contributed by atoms with van der Waals surface area (Å²) in [4.78, 5) is 34.3. The maximum Gasteiger partial charge on any atom is 0.267 e. The van der Waals surface area contributed by atoms with Crippen LogP contribution in [0.1, 0.15) is 79.4 Å². The van der Waals surface area contributed by atoms with Gasteiger partial charge in [0.1, 0.15) is 11.2 Å². The fourth-order valence-corrected chi connectivity index (χ4v) is 4.98. The summed E-state index contributed by atoms with van der Waals surface area (Å²) in [6.45, 7) is 7.16. The number of carbonyl (C=O) groups excluding carboxylic acids is 1. The summed E-state index contributed by atoms with van der Waals surface area (Å²) in [6.07, 6.45) is 11.4. The third-order valence-electron chi connectivity index (χ3n) is 6.85. The van der Waals surface area contributed by atoms with E-state index in [1.165, 1.54) is 0 Å². The van der Waals surface area contributed by atoms with Crippen molar-refractivity contribution in [2.24, 2.45) is 5.73 Å². The van der Waals surface area contributed by atoms with E-state index in [-0.39, 0.29) is 17.2 Å². The summed E-state index contributed by atoms with van der Waals surface area (Å²) in [5.74, 6) is 0.413. The summed E-state index contributed by atoms with van der Waals surface area (Å²) >= 11 is 0. The lowest BCUT2D eigenvalue weighted by atomic mass is 10.0. The van der Waals surface area contributed by atoms with Crippen LogP contribution >= 0.6 is 0 Å². The highest BCUT2D eigenvalue weighted by Gasteiger charge is 2.30. The zero-order chi connectivity index (χ0) is 26.4. The highest BCUT2D eigenvalue weighted by atomic mass is 16.5. The van der Waals surface area contributed by atoms with E-state index in [0.29, 0.717) is 54.9 Å². The molecule has 0 spiro atoms. The zero-order valence-electron chi connectivity index (χ0n) is 22.1. The van der Waals surface area contributed by atoms with E-state index in [4.69, 9.17) is 15.2 Å². The van der Waals surface area contributed by atoms with Gasteiger partial charge < -0.3 is 15.2 Å². The van der Waals surface area contributed by atoms with Gasteiger partial charge >= 0.3 is 0 Å². The van der Waals surface area contributed by atoms with Gasteiger partial charge in [0.25, 0.3) is 17.2 Å². The quantitative estimate of drug-likeness (QED) is 0.400. The van der Waals surface area contributed by atoms with Gasteiger partial charge in [0, 0.05) is 12.1 Å². The first-order valence-corrected chi connectivity index (χ1v) is 13.3. The van der Waals surface area contributed by atoms with Crippen LogP contribution in [0.25, 0.3) is 11.1 Å². The first kappa shape index (κ1) is 26.5. The number of carbonyl (C=O) groups is 1. The highest BCUT2D eigenvalue weighted by molar-refractivity contribution is 5.94. The average Bonchev–Trinajstić information content (AvgIpc) is 3.29. The molecule has 1 amide bonds. The van der Waals surface area contributed by atoms with Crippen LogP contribution in [0.5, 0.6) is 0 Å². The Morgan fingerprint density at radius 1 is 1.27 bits per heavy atom. The molecule has 1 unspecified atom stereocenters. The molecule has 37 heavy (non-hydrogen) atoms. The van der Waals surface area contributed by atoms with Crippen molar-refractivity contribution in [2.45, 2.75) is 71.9 Å². The van der Waals surface area contributed by atoms with Crippen LogP contribution in [0.2, 0.25) is 0 Å². The molecule has 3 aromatic rings. The number of aryl methyl sites for hydroxylation is 2. The van der Waals surface area contributed by atoms with E-state index in [2.05, 4.69) is 30.3 Å². The van der Waals surface area contributed by atoms with E-state index in [1.54, 1.807) is 11.5 Å². The van der Waals surface area contributed by atoms with Gasteiger partial charge in [-0.1, -0.05) is 55.8 Å². The average molecular weight is 504 g/mol. The molecule has 1 atom stereocenters. The van der Waals surface area contributed by atoms with Gasteiger partial charge in [-0.25, -0.2) is 0 Å². The van der Waals surface area contributed by atoms with Crippen LogP contribution in [0.4, 0.5) is 0 Å². The normalized spacial score (nSPS) is 14.1. The lowest BCUT2D eigenvalue weighted by Crippen LogP contribution is -2.40. The lowest BCUT2D eigenvalue weighted by Gasteiger charge is -2.32. The molecule has 196 valence electrons. The van der Waals surface area contributed by atoms with Gasteiger partial charge in [0.15, 0.2) is 0 Å². The summed E-state index contributed by atoms with van der Waals surface area (Å²) in [5.41, 5.74) is 9.19. The zero-order valence-corrected chi connectivity index (χ0v) is 22.1. The topological polar surface area (TPSA) is 107 Å². The Labute approximate surface area is 217 Å². The summed E-state index contributed by atoms with van der Waals surface area (Å²) in [5, 5.41) is 4.38. The summed E-state index contributed by atoms with van der Waals surface area (Å²) < 4.78 is 7.12. The Balaban J connectivity index is 1.83. The van der Waals surface area contributed by atoms with Gasteiger partial charge in [0.05, 0.1) is 18.3 Å². The fourth-order valence-electron chi connectivity index (χ4n) is 4.98. The second-order valence-electron chi connectivity index (χ2n) is 9.58. The second kappa shape index (κ2) is 12.1. The van der Waals surface area contributed by atoms with Crippen molar-refractivity contribution in [1.29, 1.82) is 0 Å². The van der Waals surface area contributed by atoms with Crippen molar-refractivity contribution in [3.63, 3.8) is 0 Å². The number of aromatic nitrogens is 3. The van der Waals surface area contributed by atoms with E-state index < -0.39 is 6.04 Å². The van der Waals surface area contributed by atoms with Crippen LogP contribution in [-0.4, -0.2) is 38.6 Å². The molecular weight excluding hydrogens is 466 g/mol. The Morgan fingerprint density at radius 2 is 2.11 bits per heavy atom. The molecule has 1 aliphatic carbocycles. The number of hydrogen-bond donors (Lipinski definition) is 1.